The molecule has 1 amide bonds. The summed E-state index contributed by atoms with van der Waals surface area (Å²) in [5.74, 6) is 0.0214. The number of unbranched alkanes of at least 4 members (excludes halogenated alkanes) is 4. The summed E-state index contributed by atoms with van der Waals surface area (Å²) < 4.78 is 6.19. The third-order valence-electron chi connectivity index (χ3n) is 4.82. The lowest BCUT2D eigenvalue weighted by atomic mass is 9.96. The number of hydrogen-bond acceptors (Lipinski definition) is 4. The topological polar surface area (TPSA) is 70.6 Å². The van der Waals surface area contributed by atoms with E-state index in [1.807, 2.05) is 13.8 Å². The minimum atomic E-state index is -0.534. The number of hydrogen-bond donors (Lipinski definition) is 3. The highest BCUT2D eigenvalue weighted by Gasteiger charge is 2.42. The van der Waals surface area contributed by atoms with Crippen molar-refractivity contribution >= 4 is 5.91 Å². The molecular weight excluding hydrogens is 316 g/mol. The van der Waals surface area contributed by atoms with Gasteiger partial charge in [0.2, 0.25) is 5.91 Å². The maximum atomic E-state index is 11.9. The number of nitrogens with one attached hydrogen (secondary N) is 2. The van der Waals surface area contributed by atoms with Crippen LogP contribution in [0.1, 0.15) is 92.4 Å². The van der Waals surface area contributed by atoms with Crippen LogP contribution >= 0.6 is 0 Å². The Morgan fingerprint density at radius 2 is 1.80 bits per heavy atom. The van der Waals surface area contributed by atoms with E-state index in [-0.39, 0.29) is 23.8 Å². The summed E-state index contributed by atoms with van der Waals surface area (Å²) in [6.07, 6.45) is 9.21. The van der Waals surface area contributed by atoms with Crippen molar-refractivity contribution in [3.8, 4) is 0 Å². The molecule has 3 N–H and O–H groups in total. The Morgan fingerprint density at radius 1 is 1.16 bits per heavy atom. The fraction of sp³-hybridized carbons (Fsp3) is 0.950. The fourth-order valence-corrected chi connectivity index (χ4v) is 3.41. The fourth-order valence-electron chi connectivity index (χ4n) is 3.41. The van der Waals surface area contributed by atoms with E-state index < -0.39 is 5.54 Å². The predicted molar refractivity (Wildman–Crippen MR) is 102 cm³/mol. The first-order valence-corrected chi connectivity index (χ1v) is 9.99. The maximum absolute atomic E-state index is 11.9. The molecule has 0 aromatic heterocycles. The second-order valence-corrected chi connectivity index (χ2v) is 8.90. The molecule has 0 bridgehead atoms. The van der Waals surface area contributed by atoms with E-state index >= 15 is 0 Å². The van der Waals surface area contributed by atoms with Crippen LogP contribution in [0.25, 0.3) is 0 Å². The normalized spacial score (nSPS) is 23.0. The van der Waals surface area contributed by atoms with Crippen LogP contribution in [-0.2, 0) is 9.53 Å². The molecule has 1 aliphatic heterocycles. The van der Waals surface area contributed by atoms with Crippen molar-refractivity contribution in [2.75, 3.05) is 13.2 Å². The monoisotopic (exact) mass is 356 g/mol. The number of carbonyl (C=O) groups excluding carboxylic acids is 1. The van der Waals surface area contributed by atoms with Gasteiger partial charge in [-0.1, -0.05) is 26.2 Å². The van der Waals surface area contributed by atoms with Crippen LogP contribution in [0.15, 0.2) is 0 Å². The van der Waals surface area contributed by atoms with E-state index in [2.05, 4.69) is 31.4 Å². The van der Waals surface area contributed by atoms with Crippen molar-refractivity contribution in [3.63, 3.8) is 0 Å². The molecule has 1 aliphatic rings. The zero-order chi connectivity index (χ0) is 19.0. The minimum absolute atomic E-state index is 0.0214. The van der Waals surface area contributed by atoms with E-state index in [0.717, 1.165) is 38.7 Å². The molecule has 5 heteroatoms. The molecular formula is C20H40N2O3. The van der Waals surface area contributed by atoms with Crippen LogP contribution in [0, 0.1) is 0 Å². The van der Waals surface area contributed by atoms with Crippen molar-refractivity contribution in [2.24, 2.45) is 0 Å². The number of aliphatic hydroxyl groups is 1. The molecule has 1 fully saturated rings. The van der Waals surface area contributed by atoms with Gasteiger partial charge in [0, 0.05) is 12.0 Å². The highest BCUT2D eigenvalue weighted by atomic mass is 16.5. The van der Waals surface area contributed by atoms with Gasteiger partial charge in [-0.2, -0.15) is 0 Å². The molecule has 1 atom stereocenters. The number of rotatable bonds is 12. The van der Waals surface area contributed by atoms with Crippen LogP contribution in [0.3, 0.4) is 0 Å². The van der Waals surface area contributed by atoms with Crippen molar-refractivity contribution in [1.29, 1.82) is 0 Å². The van der Waals surface area contributed by atoms with E-state index in [1.54, 1.807) is 0 Å². The van der Waals surface area contributed by atoms with Gasteiger partial charge in [-0.05, 0) is 59.8 Å². The van der Waals surface area contributed by atoms with Gasteiger partial charge in [-0.25, -0.2) is 0 Å². The van der Waals surface area contributed by atoms with E-state index in [9.17, 15) is 9.90 Å². The molecule has 1 unspecified atom stereocenters. The highest BCUT2D eigenvalue weighted by molar-refractivity contribution is 5.76. The molecule has 0 radical (unpaired) electrons. The molecule has 0 aromatic rings. The minimum Gasteiger partial charge on any atom is -0.394 e. The lowest BCUT2D eigenvalue weighted by Crippen LogP contribution is -2.48. The number of ether oxygens (including phenoxy) is 1. The summed E-state index contributed by atoms with van der Waals surface area (Å²) in [5, 5.41) is 15.8. The van der Waals surface area contributed by atoms with Gasteiger partial charge in [0.15, 0.2) is 0 Å². The third kappa shape index (κ3) is 8.52. The molecule has 0 aromatic carbocycles. The Balaban J connectivity index is 2.32. The Kier molecular flexibility index (Phi) is 8.85. The van der Waals surface area contributed by atoms with Gasteiger partial charge >= 0.3 is 0 Å². The van der Waals surface area contributed by atoms with E-state index in [1.165, 1.54) is 19.3 Å². The summed E-state index contributed by atoms with van der Waals surface area (Å²) in [4.78, 5) is 11.9. The van der Waals surface area contributed by atoms with Crippen molar-refractivity contribution < 1.29 is 14.6 Å². The Bertz CT molecular complexity index is 410. The van der Waals surface area contributed by atoms with Crippen LogP contribution in [0.5, 0.6) is 0 Å². The lowest BCUT2D eigenvalue weighted by Gasteiger charge is -2.31. The number of aliphatic hydroxyl groups excluding tert-OH is 1. The molecule has 25 heavy (non-hydrogen) atoms. The Labute approximate surface area is 154 Å². The molecule has 148 valence electrons. The van der Waals surface area contributed by atoms with Crippen molar-refractivity contribution in [2.45, 2.75) is 109 Å². The predicted octanol–water partition coefficient (Wildman–Crippen LogP) is 3.50. The molecule has 0 aliphatic carbocycles. The summed E-state index contributed by atoms with van der Waals surface area (Å²) in [5.41, 5.74) is -0.671. The van der Waals surface area contributed by atoms with Gasteiger partial charge in [-0.15, -0.1) is 0 Å². The van der Waals surface area contributed by atoms with E-state index in [0.29, 0.717) is 6.42 Å². The Morgan fingerprint density at radius 3 is 2.32 bits per heavy atom. The highest BCUT2D eigenvalue weighted by Crippen LogP contribution is 2.32. The summed E-state index contributed by atoms with van der Waals surface area (Å²) in [6, 6.07) is 0. The number of amides is 1. The first kappa shape index (κ1) is 22.4. The van der Waals surface area contributed by atoms with Gasteiger partial charge in [0.25, 0.3) is 0 Å². The van der Waals surface area contributed by atoms with Gasteiger partial charge in [-0.3, -0.25) is 10.1 Å². The van der Waals surface area contributed by atoms with Crippen LogP contribution in [0.4, 0.5) is 0 Å². The largest absolute Gasteiger partial charge is 0.394 e. The Hall–Kier alpha value is -0.650. The number of carbonyl (C=O) groups is 1. The van der Waals surface area contributed by atoms with Crippen molar-refractivity contribution in [1.82, 2.24) is 10.6 Å². The average molecular weight is 357 g/mol. The zero-order valence-electron chi connectivity index (χ0n) is 17.0. The smallest absolute Gasteiger partial charge is 0.220 e. The lowest BCUT2D eigenvalue weighted by molar-refractivity contribution is -0.123. The van der Waals surface area contributed by atoms with Crippen LogP contribution < -0.4 is 10.6 Å². The quantitative estimate of drug-likeness (QED) is 0.468. The third-order valence-corrected chi connectivity index (χ3v) is 4.82. The standard InChI is InChI=1S/C20H40N2O3/c1-6-7-10-13-20(22-19(4,5)16-25-20)14-11-8-9-12-17(24)21-18(2,3)15-23/h22-23H,6-16H2,1-5H3,(H,21,24). The maximum Gasteiger partial charge on any atom is 0.220 e. The van der Waals surface area contributed by atoms with Crippen molar-refractivity contribution in [3.05, 3.63) is 0 Å². The van der Waals surface area contributed by atoms with Crippen LogP contribution in [-0.4, -0.2) is 41.0 Å². The second kappa shape index (κ2) is 9.89. The molecule has 5 nitrogen and oxygen atoms in total. The molecule has 0 saturated carbocycles. The van der Waals surface area contributed by atoms with Gasteiger partial charge in [0.05, 0.1) is 18.8 Å². The zero-order valence-corrected chi connectivity index (χ0v) is 17.0. The second-order valence-electron chi connectivity index (χ2n) is 8.90. The molecule has 1 saturated heterocycles. The SMILES string of the molecule is CCCCCC1(CCCCCC(=O)NC(C)(C)CO)NC(C)(C)CO1. The molecule has 1 heterocycles. The first-order chi connectivity index (χ1) is 11.6. The summed E-state index contributed by atoms with van der Waals surface area (Å²) >= 11 is 0. The average Bonchev–Trinajstić information content (AvgIpc) is 2.82. The van der Waals surface area contributed by atoms with Gasteiger partial charge in [0.1, 0.15) is 5.72 Å². The first-order valence-electron chi connectivity index (χ1n) is 9.99. The summed E-state index contributed by atoms with van der Waals surface area (Å²) in [6.45, 7) is 11.0. The van der Waals surface area contributed by atoms with Gasteiger partial charge < -0.3 is 15.2 Å². The van der Waals surface area contributed by atoms with E-state index in [4.69, 9.17) is 4.74 Å². The summed E-state index contributed by atoms with van der Waals surface area (Å²) in [7, 11) is 0. The van der Waals surface area contributed by atoms with Crippen LogP contribution in [0.2, 0.25) is 0 Å². The molecule has 0 spiro atoms. The molecule has 1 rings (SSSR count).